The maximum Gasteiger partial charge on any atom is 0.262 e. The van der Waals surface area contributed by atoms with Crippen molar-refractivity contribution in [3.63, 3.8) is 0 Å². The molecule has 0 bridgehead atoms. The summed E-state index contributed by atoms with van der Waals surface area (Å²) in [5.74, 6) is 0.0867. The van der Waals surface area contributed by atoms with Gasteiger partial charge in [0.25, 0.3) is 5.56 Å². The lowest BCUT2D eigenvalue weighted by Gasteiger charge is -2.13. The first-order chi connectivity index (χ1) is 13.5. The van der Waals surface area contributed by atoms with Gasteiger partial charge in [0.05, 0.1) is 16.7 Å². The minimum atomic E-state index is -0.112. The van der Waals surface area contributed by atoms with E-state index < -0.39 is 0 Å². The van der Waals surface area contributed by atoms with E-state index in [-0.39, 0.29) is 17.2 Å². The number of amides is 1. The lowest BCUT2D eigenvalue weighted by Crippen LogP contribution is -2.24. The normalized spacial score (nSPS) is 11.0. The molecule has 28 heavy (non-hydrogen) atoms. The van der Waals surface area contributed by atoms with Crippen molar-refractivity contribution in [2.75, 3.05) is 11.1 Å². The number of para-hydroxylation sites is 1. The van der Waals surface area contributed by atoms with Crippen LogP contribution in [0.5, 0.6) is 0 Å². The number of aromatic nitrogens is 2. The number of carbonyl (C=O) groups is 1. The molecule has 3 rings (SSSR count). The van der Waals surface area contributed by atoms with E-state index in [1.54, 1.807) is 10.6 Å². The summed E-state index contributed by atoms with van der Waals surface area (Å²) in [6.07, 6.45) is 1.87. The molecule has 1 N–H and O–H groups in total. The molecular weight excluding hydrogens is 370 g/mol. The molecule has 0 atom stereocenters. The molecule has 5 nitrogen and oxygen atoms in total. The average Bonchev–Trinajstić information content (AvgIpc) is 2.65. The summed E-state index contributed by atoms with van der Waals surface area (Å²) in [7, 11) is 0. The molecule has 3 aromatic rings. The van der Waals surface area contributed by atoms with Gasteiger partial charge in [0, 0.05) is 12.2 Å². The predicted octanol–water partition coefficient (Wildman–Crippen LogP) is 4.54. The first-order valence-corrected chi connectivity index (χ1v) is 10.5. The number of nitrogens with zero attached hydrogens (tertiary/aromatic N) is 2. The Kier molecular flexibility index (Phi) is 6.52. The van der Waals surface area contributed by atoms with E-state index in [1.807, 2.05) is 44.2 Å². The molecule has 1 heterocycles. The minimum absolute atomic E-state index is 0.0451. The minimum Gasteiger partial charge on any atom is -0.325 e. The van der Waals surface area contributed by atoms with E-state index in [0.29, 0.717) is 22.6 Å². The molecule has 0 radical (unpaired) electrons. The van der Waals surface area contributed by atoms with E-state index in [1.165, 1.54) is 11.8 Å². The molecule has 6 heteroatoms. The quantitative estimate of drug-likeness (QED) is 0.471. The van der Waals surface area contributed by atoms with Crippen LogP contribution in [0.4, 0.5) is 5.69 Å². The van der Waals surface area contributed by atoms with Crippen LogP contribution in [0.1, 0.15) is 30.9 Å². The Morgan fingerprint density at radius 3 is 2.57 bits per heavy atom. The topological polar surface area (TPSA) is 64.0 Å². The summed E-state index contributed by atoms with van der Waals surface area (Å²) in [4.78, 5) is 30.0. The molecule has 1 aromatic heterocycles. The van der Waals surface area contributed by atoms with E-state index in [2.05, 4.69) is 23.3 Å². The number of carbonyl (C=O) groups excluding carboxylic acids is 1. The van der Waals surface area contributed by atoms with Crippen molar-refractivity contribution in [1.29, 1.82) is 0 Å². The molecule has 146 valence electrons. The smallest absolute Gasteiger partial charge is 0.262 e. The summed E-state index contributed by atoms with van der Waals surface area (Å²) in [5, 5.41) is 4.14. The fourth-order valence-corrected chi connectivity index (χ4v) is 3.97. The zero-order chi connectivity index (χ0) is 20.1. The molecule has 0 unspecified atom stereocenters. The van der Waals surface area contributed by atoms with Crippen LogP contribution >= 0.6 is 11.8 Å². The van der Waals surface area contributed by atoms with Crippen LogP contribution in [0.2, 0.25) is 0 Å². The predicted molar refractivity (Wildman–Crippen MR) is 116 cm³/mol. The van der Waals surface area contributed by atoms with Crippen molar-refractivity contribution in [2.45, 2.75) is 45.3 Å². The van der Waals surface area contributed by atoms with Crippen LogP contribution in [-0.4, -0.2) is 21.2 Å². The number of unbranched alkanes of at least 4 members (excludes halogenated alkanes) is 1. The van der Waals surface area contributed by atoms with Crippen LogP contribution < -0.4 is 10.9 Å². The molecular formula is C22H25N3O2S. The van der Waals surface area contributed by atoms with Crippen LogP contribution in [-0.2, 0) is 11.3 Å². The summed E-state index contributed by atoms with van der Waals surface area (Å²) in [6, 6.07) is 13.3. The van der Waals surface area contributed by atoms with Crippen molar-refractivity contribution in [2.24, 2.45) is 0 Å². The fraction of sp³-hybridized carbons (Fsp3) is 0.318. The zero-order valence-electron chi connectivity index (χ0n) is 16.5. The lowest BCUT2D eigenvalue weighted by molar-refractivity contribution is -0.113. The zero-order valence-corrected chi connectivity index (χ0v) is 17.3. The molecule has 0 aliphatic carbocycles. The van der Waals surface area contributed by atoms with Gasteiger partial charge in [-0.05, 0) is 55.7 Å². The van der Waals surface area contributed by atoms with E-state index >= 15 is 0 Å². The number of thioether (sulfide) groups is 1. The molecule has 0 aliphatic heterocycles. The van der Waals surface area contributed by atoms with Gasteiger partial charge in [0.2, 0.25) is 5.91 Å². The van der Waals surface area contributed by atoms with Gasteiger partial charge < -0.3 is 5.32 Å². The highest BCUT2D eigenvalue weighted by Gasteiger charge is 2.13. The largest absolute Gasteiger partial charge is 0.325 e. The number of benzene rings is 2. The Labute approximate surface area is 169 Å². The van der Waals surface area contributed by atoms with E-state index in [9.17, 15) is 9.59 Å². The Hall–Kier alpha value is -2.60. The lowest BCUT2D eigenvalue weighted by atomic mass is 10.1. The Morgan fingerprint density at radius 1 is 1.14 bits per heavy atom. The van der Waals surface area contributed by atoms with E-state index in [4.69, 9.17) is 0 Å². The maximum absolute atomic E-state index is 12.9. The molecule has 0 fully saturated rings. The first kappa shape index (κ1) is 20.1. The number of hydrogen-bond acceptors (Lipinski definition) is 4. The molecule has 0 spiro atoms. The maximum atomic E-state index is 12.9. The van der Waals surface area contributed by atoms with Gasteiger partial charge in [0.15, 0.2) is 5.16 Å². The van der Waals surface area contributed by atoms with Crippen molar-refractivity contribution < 1.29 is 4.79 Å². The molecule has 2 aromatic carbocycles. The Morgan fingerprint density at radius 2 is 1.86 bits per heavy atom. The second-order valence-corrected chi connectivity index (χ2v) is 7.88. The van der Waals surface area contributed by atoms with E-state index in [0.717, 1.165) is 29.7 Å². The number of anilines is 1. The highest BCUT2D eigenvalue weighted by atomic mass is 32.2. The summed E-state index contributed by atoms with van der Waals surface area (Å²) in [5.41, 5.74) is 3.62. The second-order valence-electron chi connectivity index (χ2n) is 6.94. The standard InChI is InChI=1S/C22H25N3O2S/c1-4-5-10-25-21(27)18-8-6-7-9-19(18)24-22(25)28-14-20(26)23-17-12-15(2)11-16(3)13-17/h6-9,11-13H,4-5,10,14H2,1-3H3,(H,23,26). The highest BCUT2D eigenvalue weighted by Crippen LogP contribution is 2.20. The van der Waals surface area contributed by atoms with Crippen LogP contribution in [0, 0.1) is 13.8 Å². The van der Waals surface area contributed by atoms with Gasteiger partial charge in [-0.3, -0.25) is 14.2 Å². The van der Waals surface area contributed by atoms with Crippen LogP contribution in [0.25, 0.3) is 10.9 Å². The highest BCUT2D eigenvalue weighted by molar-refractivity contribution is 7.99. The second kappa shape index (κ2) is 9.06. The van der Waals surface area contributed by atoms with Gasteiger partial charge in [-0.15, -0.1) is 0 Å². The summed E-state index contributed by atoms with van der Waals surface area (Å²) in [6.45, 7) is 6.70. The van der Waals surface area contributed by atoms with Crippen molar-refractivity contribution in [3.05, 3.63) is 63.9 Å². The van der Waals surface area contributed by atoms with Gasteiger partial charge in [-0.2, -0.15) is 0 Å². The Balaban J connectivity index is 1.80. The summed E-state index contributed by atoms with van der Waals surface area (Å²) >= 11 is 1.30. The molecule has 0 aliphatic rings. The third kappa shape index (κ3) is 4.81. The number of nitrogens with one attached hydrogen (secondary N) is 1. The average molecular weight is 396 g/mol. The van der Waals surface area contributed by atoms with Gasteiger partial charge in [-0.25, -0.2) is 4.98 Å². The van der Waals surface area contributed by atoms with Gasteiger partial charge >= 0.3 is 0 Å². The molecule has 0 saturated carbocycles. The van der Waals surface area contributed by atoms with Crippen molar-refractivity contribution in [1.82, 2.24) is 9.55 Å². The number of hydrogen-bond donors (Lipinski definition) is 1. The van der Waals surface area contributed by atoms with Gasteiger partial charge in [-0.1, -0.05) is 43.3 Å². The number of aryl methyl sites for hydroxylation is 2. The van der Waals surface area contributed by atoms with Crippen molar-refractivity contribution >= 4 is 34.3 Å². The monoisotopic (exact) mass is 395 g/mol. The Bertz CT molecular complexity index is 1040. The third-order valence-electron chi connectivity index (χ3n) is 4.40. The van der Waals surface area contributed by atoms with Crippen LogP contribution in [0.15, 0.2) is 52.4 Å². The fourth-order valence-electron chi connectivity index (χ4n) is 3.15. The molecule has 0 saturated heterocycles. The van der Waals surface area contributed by atoms with Gasteiger partial charge in [0.1, 0.15) is 0 Å². The third-order valence-corrected chi connectivity index (χ3v) is 5.38. The summed E-state index contributed by atoms with van der Waals surface area (Å²) < 4.78 is 1.70. The molecule has 1 amide bonds. The number of rotatable bonds is 7. The first-order valence-electron chi connectivity index (χ1n) is 9.48. The van der Waals surface area contributed by atoms with Crippen molar-refractivity contribution in [3.8, 4) is 0 Å². The number of fused-ring (bicyclic) bond motifs is 1. The van der Waals surface area contributed by atoms with Crippen LogP contribution in [0.3, 0.4) is 0 Å². The SMILES string of the molecule is CCCCn1c(SCC(=O)Nc2cc(C)cc(C)c2)nc2ccccc2c1=O.